The van der Waals surface area contributed by atoms with Crippen LogP contribution in [-0.4, -0.2) is 47.0 Å². The summed E-state index contributed by atoms with van der Waals surface area (Å²) in [4.78, 5) is 21.9. The summed E-state index contributed by atoms with van der Waals surface area (Å²) < 4.78 is 0. The fourth-order valence-electron chi connectivity index (χ4n) is 1.68. The van der Waals surface area contributed by atoms with Gasteiger partial charge in [-0.2, -0.15) is 0 Å². The Kier molecular flexibility index (Phi) is 5.85. The van der Waals surface area contributed by atoms with E-state index in [9.17, 15) is 4.79 Å². The number of anilines is 1. The first kappa shape index (κ1) is 15.5. The Hall–Kier alpha value is -1.53. The van der Waals surface area contributed by atoms with E-state index in [-0.39, 0.29) is 11.3 Å². The van der Waals surface area contributed by atoms with E-state index in [0.29, 0.717) is 19.0 Å². The molecule has 6 nitrogen and oxygen atoms in total. The zero-order valence-electron chi connectivity index (χ0n) is 11.9. The van der Waals surface area contributed by atoms with Gasteiger partial charge in [-0.3, -0.25) is 15.0 Å². The number of likely N-dealkylation sites (N-methyl/N-ethyl adjacent to an activating group) is 1. The second-order valence-electron chi connectivity index (χ2n) is 5.29. The Balaban J connectivity index is 2.50. The van der Waals surface area contributed by atoms with Gasteiger partial charge in [0.25, 0.3) is 0 Å². The van der Waals surface area contributed by atoms with Crippen molar-refractivity contribution in [1.29, 1.82) is 0 Å². The van der Waals surface area contributed by atoms with E-state index in [2.05, 4.69) is 34.0 Å². The highest BCUT2D eigenvalue weighted by atomic mass is 16.2. The number of hydrogen-bond acceptors (Lipinski definition) is 5. The summed E-state index contributed by atoms with van der Waals surface area (Å²) in [6, 6.07) is 1.71. The van der Waals surface area contributed by atoms with Crippen LogP contribution in [0.3, 0.4) is 0 Å². The van der Waals surface area contributed by atoms with Gasteiger partial charge in [-0.25, -0.2) is 9.97 Å². The van der Waals surface area contributed by atoms with Crippen LogP contribution in [0.5, 0.6) is 0 Å². The fourth-order valence-corrected chi connectivity index (χ4v) is 1.68. The van der Waals surface area contributed by atoms with Crippen molar-refractivity contribution < 1.29 is 4.79 Å². The number of nitrogens with two attached hydrogens (primary N) is 1. The topological polar surface area (TPSA) is 84.1 Å². The van der Waals surface area contributed by atoms with Gasteiger partial charge in [0.1, 0.15) is 0 Å². The van der Waals surface area contributed by atoms with Crippen molar-refractivity contribution in [3.63, 3.8) is 0 Å². The van der Waals surface area contributed by atoms with Crippen LogP contribution in [0.4, 0.5) is 5.95 Å². The first-order valence-electron chi connectivity index (χ1n) is 6.46. The molecular weight excluding hydrogens is 242 g/mol. The van der Waals surface area contributed by atoms with E-state index in [0.717, 1.165) is 13.1 Å². The lowest BCUT2D eigenvalue weighted by Crippen LogP contribution is -2.42. The maximum atomic E-state index is 11.9. The normalized spacial score (nSPS) is 11.6. The van der Waals surface area contributed by atoms with E-state index in [1.165, 1.54) is 0 Å². The predicted octanol–water partition coefficient (Wildman–Crippen LogP) is 0.722. The summed E-state index contributed by atoms with van der Waals surface area (Å²) in [5, 5.41) is 2.68. The maximum absolute atomic E-state index is 11.9. The largest absolute Gasteiger partial charge is 0.330 e. The summed E-state index contributed by atoms with van der Waals surface area (Å²) in [5.74, 6) is 0.225. The molecule has 0 unspecified atom stereocenters. The van der Waals surface area contributed by atoms with Gasteiger partial charge >= 0.3 is 0 Å². The second kappa shape index (κ2) is 7.16. The summed E-state index contributed by atoms with van der Waals surface area (Å²) in [6.45, 7) is 8.70. The summed E-state index contributed by atoms with van der Waals surface area (Å²) in [7, 11) is 0. The van der Waals surface area contributed by atoms with Gasteiger partial charge in [-0.1, -0.05) is 20.8 Å². The third-order valence-electron chi connectivity index (χ3n) is 2.84. The van der Waals surface area contributed by atoms with Crippen LogP contribution in [0.2, 0.25) is 0 Å². The van der Waals surface area contributed by atoms with E-state index < -0.39 is 0 Å². The molecule has 3 N–H and O–H groups in total. The van der Waals surface area contributed by atoms with Gasteiger partial charge in [0.05, 0.1) is 6.54 Å². The molecule has 106 valence electrons. The highest BCUT2D eigenvalue weighted by molar-refractivity contribution is 5.90. The quantitative estimate of drug-likeness (QED) is 0.759. The van der Waals surface area contributed by atoms with E-state index in [1.54, 1.807) is 18.5 Å². The monoisotopic (exact) mass is 265 g/mol. The zero-order valence-corrected chi connectivity index (χ0v) is 11.9. The minimum absolute atomic E-state index is 0.000459. The number of nitrogens with one attached hydrogen (secondary N) is 1. The van der Waals surface area contributed by atoms with Crippen molar-refractivity contribution in [3.8, 4) is 0 Å². The van der Waals surface area contributed by atoms with Crippen LogP contribution in [0, 0.1) is 5.41 Å². The highest BCUT2D eigenvalue weighted by Gasteiger charge is 2.21. The lowest BCUT2D eigenvalue weighted by atomic mass is 9.93. The van der Waals surface area contributed by atoms with Gasteiger partial charge in [0, 0.05) is 18.9 Å². The number of rotatable bonds is 7. The lowest BCUT2D eigenvalue weighted by Gasteiger charge is -2.30. The van der Waals surface area contributed by atoms with E-state index >= 15 is 0 Å². The van der Waals surface area contributed by atoms with Crippen LogP contribution in [0.25, 0.3) is 0 Å². The van der Waals surface area contributed by atoms with Crippen molar-refractivity contribution >= 4 is 11.9 Å². The molecule has 1 amide bonds. The first-order valence-corrected chi connectivity index (χ1v) is 6.46. The minimum atomic E-state index is -0.110. The molecule has 0 spiro atoms. The number of amides is 1. The Morgan fingerprint density at radius 2 is 2.05 bits per heavy atom. The number of hydrogen-bond donors (Lipinski definition) is 2. The SMILES string of the molecule is CCN(CC(=O)Nc1ncccn1)CC(C)(C)CN. The molecule has 0 saturated carbocycles. The smallest absolute Gasteiger partial charge is 0.240 e. The summed E-state index contributed by atoms with van der Waals surface area (Å²) in [5.41, 5.74) is 5.72. The predicted molar refractivity (Wildman–Crippen MR) is 75.6 cm³/mol. The van der Waals surface area contributed by atoms with Gasteiger partial charge < -0.3 is 5.73 Å². The molecule has 0 aliphatic heterocycles. The van der Waals surface area contributed by atoms with Crippen LogP contribution in [0.1, 0.15) is 20.8 Å². The number of nitrogens with zero attached hydrogens (tertiary/aromatic N) is 3. The highest BCUT2D eigenvalue weighted by Crippen LogP contribution is 2.14. The van der Waals surface area contributed by atoms with E-state index in [4.69, 9.17) is 5.73 Å². The lowest BCUT2D eigenvalue weighted by molar-refractivity contribution is -0.117. The van der Waals surface area contributed by atoms with Crippen molar-refractivity contribution in [2.75, 3.05) is 31.5 Å². The van der Waals surface area contributed by atoms with Gasteiger partial charge in [0.2, 0.25) is 11.9 Å². The Morgan fingerprint density at radius 1 is 1.42 bits per heavy atom. The molecular formula is C13H23N5O. The molecule has 0 aromatic carbocycles. The molecule has 0 saturated heterocycles. The van der Waals surface area contributed by atoms with Gasteiger partial charge in [-0.15, -0.1) is 0 Å². The van der Waals surface area contributed by atoms with Crippen LogP contribution in [0.15, 0.2) is 18.5 Å². The molecule has 1 aromatic heterocycles. The fraction of sp³-hybridized carbons (Fsp3) is 0.615. The first-order chi connectivity index (χ1) is 8.96. The van der Waals surface area contributed by atoms with E-state index in [1.807, 2.05) is 6.92 Å². The molecule has 0 atom stereocenters. The molecule has 19 heavy (non-hydrogen) atoms. The van der Waals surface area contributed by atoms with Gasteiger partial charge in [0.15, 0.2) is 0 Å². The maximum Gasteiger partial charge on any atom is 0.240 e. The second-order valence-corrected chi connectivity index (χ2v) is 5.29. The van der Waals surface area contributed by atoms with Crippen LogP contribution in [-0.2, 0) is 4.79 Å². The molecule has 0 aliphatic carbocycles. The molecule has 1 heterocycles. The molecule has 1 aromatic rings. The average molecular weight is 265 g/mol. The number of carbonyl (C=O) groups is 1. The van der Waals surface area contributed by atoms with Crippen LogP contribution < -0.4 is 11.1 Å². The number of aromatic nitrogens is 2. The zero-order chi connectivity index (χ0) is 14.3. The number of carbonyl (C=O) groups excluding carboxylic acids is 1. The third-order valence-corrected chi connectivity index (χ3v) is 2.84. The standard InChI is InChI=1S/C13H23N5O/c1-4-18(10-13(2,3)9-14)8-11(19)17-12-15-6-5-7-16-12/h5-7H,4,8-10,14H2,1-3H3,(H,15,16,17,19). The van der Waals surface area contributed by atoms with Gasteiger partial charge in [-0.05, 0) is 24.6 Å². The minimum Gasteiger partial charge on any atom is -0.330 e. The molecule has 6 heteroatoms. The van der Waals surface area contributed by atoms with Crippen molar-refractivity contribution in [2.24, 2.45) is 11.1 Å². The van der Waals surface area contributed by atoms with Crippen molar-refractivity contribution in [1.82, 2.24) is 14.9 Å². The van der Waals surface area contributed by atoms with Crippen molar-refractivity contribution in [2.45, 2.75) is 20.8 Å². The third kappa shape index (κ3) is 5.76. The molecule has 0 radical (unpaired) electrons. The Labute approximate surface area is 114 Å². The molecule has 1 rings (SSSR count). The Morgan fingerprint density at radius 3 is 2.58 bits per heavy atom. The molecule has 0 fully saturated rings. The molecule has 0 aliphatic rings. The summed E-state index contributed by atoms with van der Waals surface area (Å²) in [6.07, 6.45) is 3.19. The van der Waals surface area contributed by atoms with Crippen molar-refractivity contribution in [3.05, 3.63) is 18.5 Å². The molecule has 0 bridgehead atoms. The Bertz CT molecular complexity index is 393. The average Bonchev–Trinajstić information content (AvgIpc) is 2.38. The van der Waals surface area contributed by atoms with Crippen LogP contribution >= 0.6 is 0 Å². The summed E-state index contributed by atoms with van der Waals surface area (Å²) >= 11 is 0.